The molecule has 1 aliphatic heterocycles. The first kappa shape index (κ1) is 18.0. The zero-order valence-electron chi connectivity index (χ0n) is 14.3. The van der Waals surface area contributed by atoms with Crippen LogP contribution in [0.3, 0.4) is 0 Å². The van der Waals surface area contributed by atoms with Gasteiger partial charge in [0.2, 0.25) is 10.0 Å². The molecule has 0 amide bonds. The van der Waals surface area contributed by atoms with Crippen molar-refractivity contribution in [3.63, 3.8) is 0 Å². The number of sulfonamides is 1. The maximum Gasteiger partial charge on any atom is 0.243 e. The number of aryl methyl sites for hydroxylation is 1. The zero-order chi connectivity index (χ0) is 18.0. The Kier molecular flexibility index (Phi) is 5.22. The highest BCUT2D eigenvalue weighted by Crippen LogP contribution is 2.30. The highest BCUT2D eigenvalue weighted by atomic mass is 35.5. The summed E-state index contributed by atoms with van der Waals surface area (Å²) in [6.07, 6.45) is 0. The van der Waals surface area contributed by atoms with Gasteiger partial charge in [-0.3, -0.25) is 0 Å². The molecule has 0 spiro atoms. The van der Waals surface area contributed by atoms with E-state index < -0.39 is 10.0 Å². The number of nitrogens with zero attached hydrogens (tertiary/aromatic N) is 2. The Bertz CT molecular complexity index is 845. The number of benzene rings is 2. The molecule has 7 heteroatoms. The molecule has 5 nitrogen and oxygen atoms in total. The summed E-state index contributed by atoms with van der Waals surface area (Å²) in [7, 11) is -1.84. The summed E-state index contributed by atoms with van der Waals surface area (Å²) in [5.41, 5.74) is 2.15. The van der Waals surface area contributed by atoms with Gasteiger partial charge in [0.05, 0.1) is 17.7 Å². The Labute approximate surface area is 153 Å². The molecule has 0 bridgehead atoms. The van der Waals surface area contributed by atoms with E-state index in [9.17, 15) is 8.42 Å². The largest absolute Gasteiger partial charge is 0.495 e. The molecular formula is C18H21ClN2O3S. The van der Waals surface area contributed by atoms with Gasteiger partial charge >= 0.3 is 0 Å². The lowest BCUT2D eigenvalue weighted by molar-refractivity contribution is 0.378. The van der Waals surface area contributed by atoms with Crippen LogP contribution in [0.25, 0.3) is 0 Å². The van der Waals surface area contributed by atoms with E-state index in [1.807, 2.05) is 19.1 Å². The monoisotopic (exact) mass is 380 g/mol. The third-order valence-electron chi connectivity index (χ3n) is 4.37. The molecule has 25 heavy (non-hydrogen) atoms. The lowest BCUT2D eigenvalue weighted by Gasteiger charge is -2.36. The lowest BCUT2D eigenvalue weighted by atomic mass is 10.1. The number of rotatable bonds is 4. The molecular weight excluding hydrogens is 360 g/mol. The highest BCUT2D eigenvalue weighted by Gasteiger charge is 2.29. The summed E-state index contributed by atoms with van der Waals surface area (Å²) < 4.78 is 32.5. The van der Waals surface area contributed by atoms with Crippen LogP contribution in [0, 0.1) is 6.92 Å². The Morgan fingerprint density at radius 2 is 1.64 bits per heavy atom. The first-order valence-electron chi connectivity index (χ1n) is 8.07. The van der Waals surface area contributed by atoms with Crippen molar-refractivity contribution in [3.8, 4) is 5.75 Å². The van der Waals surface area contributed by atoms with Crippen molar-refractivity contribution in [2.45, 2.75) is 11.8 Å². The third-order valence-corrected chi connectivity index (χ3v) is 6.53. The number of halogens is 1. The maximum atomic E-state index is 12.8. The van der Waals surface area contributed by atoms with E-state index in [1.54, 1.807) is 31.4 Å². The van der Waals surface area contributed by atoms with Gasteiger partial charge in [-0.1, -0.05) is 17.7 Å². The van der Waals surface area contributed by atoms with E-state index in [2.05, 4.69) is 11.0 Å². The van der Waals surface area contributed by atoms with Crippen LogP contribution in [-0.4, -0.2) is 46.0 Å². The molecule has 2 aromatic carbocycles. The van der Waals surface area contributed by atoms with Crippen LogP contribution < -0.4 is 9.64 Å². The summed E-state index contributed by atoms with van der Waals surface area (Å²) in [6.45, 7) is 4.13. The van der Waals surface area contributed by atoms with Crippen molar-refractivity contribution >= 4 is 27.3 Å². The predicted octanol–water partition coefficient (Wildman–Crippen LogP) is 3.17. The van der Waals surface area contributed by atoms with Crippen LogP contribution in [0.4, 0.5) is 5.69 Å². The number of hydrogen-bond acceptors (Lipinski definition) is 4. The van der Waals surface area contributed by atoms with Crippen molar-refractivity contribution in [2.75, 3.05) is 38.2 Å². The van der Waals surface area contributed by atoms with E-state index in [-0.39, 0.29) is 4.90 Å². The van der Waals surface area contributed by atoms with Crippen LogP contribution in [0.2, 0.25) is 5.02 Å². The van der Waals surface area contributed by atoms with Crippen molar-refractivity contribution in [1.29, 1.82) is 0 Å². The minimum absolute atomic E-state index is 0.276. The molecule has 0 radical (unpaired) electrons. The normalized spacial score (nSPS) is 16.0. The molecule has 1 fully saturated rings. The molecule has 1 heterocycles. The first-order valence-corrected chi connectivity index (χ1v) is 9.89. The number of anilines is 1. The second kappa shape index (κ2) is 7.23. The van der Waals surface area contributed by atoms with Gasteiger partial charge in [-0.05, 0) is 48.9 Å². The molecule has 0 atom stereocenters. The average Bonchev–Trinajstić information content (AvgIpc) is 2.62. The number of ether oxygens (including phenoxy) is 1. The molecule has 1 saturated heterocycles. The van der Waals surface area contributed by atoms with Gasteiger partial charge < -0.3 is 9.64 Å². The van der Waals surface area contributed by atoms with Crippen LogP contribution >= 0.6 is 11.6 Å². The van der Waals surface area contributed by atoms with Crippen molar-refractivity contribution in [2.24, 2.45) is 0 Å². The minimum Gasteiger partial charge on any atom is -0.495 e. The van der Waals surface area contributed by atoms with Gasteiger partial charge in [-0.25, -0.2) is 8.42 Å². The summed E-state index contributed by atoms with van der Waals surface area (Å²) in [5, 5.41) is 0.523. The maximum absolute atomic E-state index is 12.8. The smallest absolute Gasteiger partial charge is 0.243 e. The van der Waals surface area contributed by atoms with Gasteiger partial charge in [-0.2, -0.15) is 4.31 Å². The molecule has 1 aliphatic rings. The second-order valence-electron chi connectivity index (χ2n) is 6.02. The van der Waals surface area contributed by atoms with E-state index in [0.29, 0.717) is 31.2 Å². The minimum atomic E-state index is -3.49. The lowest BCUT2D eigenvalue weighted by Crippen LogP contribution is -2.48. The molecule has 2 aromatic rings. The topological polar surface area (TPSA) is 49.9 Å². The van der Waals surface area contributed by atoms with Crippen LogP contribution in [0.5, 0.6) is 5.75 Å². The molecule has 0 aromatic heterocycles. The molecule has 0 N–H and O–H groups in total. The van der Waals surface area contributed by atoms with Gasteiger partial charge in [0.15, 0.2) is 0 Å². The fourth-order valence-corrected chi connectivity index (χ4v) is 4.52. The molecule has 0 aliphatic carbocycles. The fourth-order valence-electron chi connectivity index (χ4n) is 2.97. The molecule has 3 rings (SSSR count). The van der Waals surface area contributed by atoms with Gasteiger partial charge in [-0.15, -0.1) is 0 Å². The summed E-state index contributed by atoms with van der Waals surface area (Å²) in [4.78, 5) is 2.44. The van der Waals surface area contributed by atoms with Crippen LogP contribution in [-0.2, 0) is 10.0 Å². The van der Waals surface area contributed by atoms with E-state index in [0.717, 1.165) is 17.0 Å². The second-order valence-corrected chi connectivity index (χ2v) is 8.39. The summed E-state index contributed by atoms with van der Waals surface area (Å²) in [6, 6.07) is 12.3. The quantitative estimate of drug-likeness (QED) is 0.817. The SMILES string of the molecule is COc1ccc(C)cc1N1CCN(S(=O)(=O)c2ccc(Cl)cc2)CC1. The van der Waals surface area contributed by atoms with E-state index in [1.165, 1.54) is 4.31 Å². The van der Waals surface area contributed by atoms with Gasteiger partial charge in [0.1, 0.15) is 5.75 Å². The molecule has 0 unspecified atom stereocenters. The number of hydrogen-bond donors (Lipinski definition) is 0. The Balaban J connectivity index is 1.76. The van der Waals surface area contributed by atoms with Crippen molar-refractivity contribution < 1.29 is 13.2 Å². The Morgan fingerprint density at radius 3 is 2.24 bits per heavy atom. The van der Waals surface area contributed by atoms with Crippen LogP contribution in [0.15, 0.2) is 47.4 Å². The van der Waals surface area contributed by atoms with Crippen LogP contribution in [0.1, 0.15) is 5.56 Å². The van der Waals surface area contributed by atoms with Gasteiger partial charge in [0, 0.05) is 31.2 Å². The van der Waals surface area contributed by atoms with E-state index >= 15 is 0 Å². The number of piperazine rings is 1. The predicted molar refractivity (Wildman–Crippen MR) is 100 cm³/mol. The Hall–Kier alpha value is -1.76. The fraction of sp³-hybridized carbons (Fsp3) is 0.333. The summed E-state index contributed by atoms with van der Waals surface area (Å²) >= 11 is 5.85. The van der Waals surface area contributed by atoms with Crippen molar-refractivity contribution in [1.82, 2.24) is 4.31 Å². The third kappa shape index (κ3) is 3.76. The number of methoxy groups -OCH3 is 1. The standard InChI is InChI=1S/C18H21ClN2O3S/c1-14-3-8-18(24-2)17(13-14)20-9-11-21(12-10-20)25(22,23)16-6-4-15(19)5-7-16/h3-8,13H,9-12H2,1-2H3. The highest BCUT2D eigenvalue weighted by molar-refractivity contribution is 7.89. The Morgan fingerprint density at radius 1 is 1.00 bits per heavy atom. The molecule has 134 valence electrons. The molecule has 0 saturated carbocycles. The summed E-state index contributed by atoms with van der Waals surface area (Å²) in [5.74, 6) is 0.805. The average molecular weight is 381 g/mol. The van der Waals surface area contributed by atoms with Crippen molar-refractivity contribution in [3.05, 3.63) is 53.1 Å². The van der Waals surface area contributed by atoms with E-state index in [4.69, 9.17) is 16.3 Å². The van der Waals surface area contributed by atoms with Gasteiger partial charge in [0.25, 0.3) is 0 Å². The first-order chi connectivity index (χ1) is 11.9. The zero-order valence-corrected chi connectivity index (χ0v) is 15.8.